The van der Waals surface area contributed by atoms with Crippen LogP contribution >= 0.6 is 11.3 Å². The van der Waals surface area contributed by atoms with Gasteiger partial charge in [-0.05, 0) is 18.1 Å². The van der Waals surface area contributed by atoms with E-state index < -0.39 is 6.10 Å². The second kappa shape index (κ2) is 5.33. The maximum Gasteiger partial charge on any atom is 0.182 e. The van der Waals surface area contributed by atoms with Crippen molar-refractivity contribution in [2.24, 2.45) is 0 Å². The van der Waals surface area contributed by atoms with E-state index in [1.165, 1.54) is 4.88 Å². The summed E-state index contributed by atoms with van der Waals surface area (Å²) in [6.07, 6.45) is 2.78. The van der Waals surface area contributed by atoms with E-state index in [0.29, 0.717) is 18.2 Å². The lowest BCUT2D eigenvalue weighted by atomic mass is 10.2. The summed E-state index contributed by atoms with van der Waals surface area (Å²) in [7, 11) is 0. The number of hydrogen-bond donors (Lipinski definition) is 2. The highest BCUT2D eigenvalue weighted by Gasteiger charge is 2.11. The van der Waals surface area contributed by atoms with Gasteiger partial charge in [0, 0.05) is 11.1 Å². The predicted octanol–water partition coefficient (Wildman–Crippen LogP) is 3.01. The molecule has 4 nitrogen and oxygen atoms in total. The lowest BCUT2D eigenvalue weighted by molar-refractivity contribution is 0.162. The molecule has 0 fully saturated rings. The van der Waals surface area contributed by atoms with Crippen LogP contribution in [0.4, 0.5) is 5.13 Å². The Morgan fingerprint density at radius 1 is 1.53 bits per heavy atom. The summed E-state index contributed by atoms with van der Waals surface area (Å²) in [5.41, 5.74) is 0. The fraction of sp³-hybridized carbons (Fsp3) is 0.417. The third-order valence-corrected chi connectivity index (χ3v) is 3.67. The van der Waals surface area contributed by atoms with Crippen LogP contribution in [-0.4, -0.2) is 16.6 Å². The fourth-order valence-corrected chi connectivity index (χ4v) is 2.23. The van der Waals surface area contributed by atoms with Crippen LogP contribution < -0.4 is 5.32 Å². The molecule has 2 aromatic heterocycles. The molecule has 2 heterocycles. The molecule has 17 heavy (non-hydrogen) atoms. The van der Waals surface area contributed by atoms with Gasteiger partial charge in [-0.25, -0.2) is 4.98 Å². The summed E-state index contributed by atoms with van der Waals surface area (Å²) in [6.45, 7) is 4.67. The Balaban J connectivity index is 1.89. The van der Waals surface area contributed by atoms with Gasteiger partial charge in [-0.1, -0.05) is 13.8 Å². The highest BCUT2D eigenvalue weighted by atomic mass is 32.1. The lowest BCUT2D eigenvalue weighted by Gasteiger charge is -2.07. The first-order valence-electron chi connectivity index (χ1n) is 5.58. The first-order valence-corrected chi connectivity index (χ1v) is 6.39. The van der Waals surface area contributed by atoms with E-state index in [2.05, 4.69) is 24.1 Å². The minimum Gasteiger partial charge on any atom is -0.467 e. The number of thiazole rings is 1. The van der Waals surface area contributed by atoms with Gasteiger partial charge >= 0.3 is 0 Å². The van der Waals surface area contributed by atoms with Gasteiger partial charge < -0.3 is 14.8 Å². The molecular weight excluding hydrogens is 236 g/mol. The van der Waals surface area contributed by atoms with Crippen molar-refractivity contribution in [1.82, 2.24) is 4.98 Å². The van der Waals surface area contributed by atoms with Crippen LogP contribution in [0.3, 0.4) is 0 Å². The number of rotatable bonds is 5. The third-order valence-electron chi connectivity index (χ3n) is 2.41. The van der Waals surface area contributed by atoms with Gasteiger partial charge in [0.05, 0.1) is 12.8 Å². The Hall–Kier alpha value is -1.33. The quantitative estimate of drug-likeness (QED) is 0.858. The first-order chi connectivity index (χ1) is 8.16. The van der Waals surface area contributed by atoms with Crippen molar-refractivity contribution < 1.29 is 9.52 Å². The molecule has 0 aliphatic carbocycles. The summed E-state index contributed by atoms with van der Waals surface area (Å²) >= 11 is 1.62. The molecule has 0 amide bonds. The molecule has 0 bridgehead atoms. The molecule has 2 aromatic rings. The molecule has 0 saturated carbocycles. The largest absolute Gasteiger partial charge is 0.467 e. The number of aromatic nitrogens is 1. The van der Waals surface area contributed by atoms with Crippen LogP contribution in [0, 0.1) is 0 Å². The van der Waals surface area contributed by atoms with Crippen molar-refractivity contribution in [3.63, 3.8) is 0 Å². The number of hydrogen-bond acceptors (Lipinski definition) is 5. The Kier molecular flexibility index (Phi) is 3.81. The van der Waals surface area contributed by atoms with Crippen LogP contribution in [0.2, 0.25) is 0 Å². The molecule has 5 heteroatoms. The van der Waals surface area contributed by atoms with E-state index in [1.54, 1.807) is 29.7 Å². The monoisotopic (exact) mass is 252 g/mol. The van der Waals surface area contributed by atoms with Crippen LogP contribution in [0.5, 0.6) is 0 Å². The van der Waals surface area contributed by atoms with E-state index in [-0.39, 0.29) is 0 Å². The van der Waals surface area contributed by atoms with Crippen molar-refractivity contribution in [2.75, 3.05) is 11.9 Å². The van der Waals surface area contributed by atoms with E-state index >= 15 is 0 Å². The molecule has 2 rings (SSSR count). The normalized spacial score (nSPS) is 12.9. The molecule has 2 N–H and O–H groups in total. The Labute approximate surface area is 104 Å². The number of aliphatic hydroxyl groups excluding tert-OH is 1. The second-order valence-electron chi connectivity index (χ2n) is 4.13. The molecule has 1 atom stereocenters. The highest BCUT2D eigenvalue weighted by molar-refractivity contribution is 7.15. The molecule has 0 radical (unpaired) electrons. The van der Waals surface area contributed by atoms with Crippen molar-refractivity contribution in [3.05, 3.63) is 35.2 Å². The van der Waals surface area contributed by atoms with E-state index in [0.717, 1.165) is 5.13 Å². The minimum atomic E-state index is -0.642. The number of anilines is 1. The van der Waals surface area contributed by atoms with Gasteiger partial charge in [-0.2, -0.15) is 0 Å². The third kappa shape index (κ3) is 3.08. The van der Waals surface area contributed by atoms with Gasteiger partial charge in [0.1, 0.15) is 11.9 Å². The van der Waals surface area contributed by atoms with Crippen LogP contribution in [0.1, 0.15) is 36.5 Å². The van der Waals surface area contributed by atoms with E-state index in [9.17, 15) is 5.11 Å². The summed E-state index contributed by atoms with van der Waals surface area (Å²) in [4.78, 5) is 5.49. The highest BCUT2D eigenvalue weighted by Crippen LogP contribution is 2.25. The van der Waals surface area contributed by atoms with Gasteiger partial charge in [0.2, 0.25) is 0 Å². The number of aliphatic hydroxyl groups is 1. The van der Waals surface area contributed by atoms with Gasteiger partial charge in [0.25, 0.3) is 0 Å². The SMILES string of the molecule is CC(C)c1cnc(NCC(O)c2ccco2)s1. The molecular formula is C12H16N2O2S. The summed E-state index contributed by atoms with van der Waals surface area (Å²) in [6, 6.07) is 3.52. The Morgan fingerprint density at radius 2 is 2.35 bits per heavy atom. The lowest BCUT2D eigenvalue weighted by Crippen LogP contribution is -2.11. The van der Waals surface area contributed by atoms with Crippen molar-refractivity contribution in [3.8, 4) is 0 Å². The number of furan rings is 1. The van der Waals surface area contributed by atoms with Crippen LogP contribution in [0.15, 0.2) is 29.0 Å². The summed E-state index contributed by atoms with van der Waals surface area (Å²) < 4.78 is 5.12. The van der Waals surface area contributed by atoms with Crippen LogP contribution in [0.25, 0.3) is 0 Å². The smallest absolute Gasteiger partial charge is 0.182 e. The van der Waals surface area contributed by atoms with Crippen molar-refractivity contribution in [2.45, 2.75) is 25.9 Å². The zero-order valence-corrected chi connectivity index (χ0v) is 10.7. The number of nitrogens with one attached hydrogen (secondary N) is 1. The molecule has 0 aliphatic rings. The van der Waals surface area contributed by atoms with Crippen molar-refractivity contribution >= 4 is 16.5 Å². The Morgan fingerprint density at radius 3 is 2.94 bits per heavy atom. The number of nitrogens with zero attached hydrogens (tertiary/aromatic N) is 1. The van der Waals surface area contributed by atoms with E-state index in [4.69, 9.17) is 4.42 Å². The molecule has 0 aliphatic heterocycles. The average Bonchev–Trinajstić information content (AvgIpc) is 2.97. The van der Waals surface area contributed by atoms with Crippen molar-refractivity contribution in [1.29, 1.82) is 0 Å². The Bertz CT molecular complexity index is 451. The molecule has 0 aromatic carbocycles. The van der Waals surface area contributed by atoms with E-state index in [1.807, 2.05) is 6.20 Å². The van der Waals surface area contributed by atoms with Gasteiger partial charge in [-0.15, -0.1) is 11.3 Å². The maximum absolute atomic E-state index is 9.81. The predicted molar refractivity (Wildman–Crippen MR) is 68.4 cm³/mol. The average molecular weight is 252 g/mol. The summed E-state index contributed by atoms with van der Waals surface area (Å²) in [5.74, 6) is 1.05. The van der Waals surface area contributed by atoms with Gasteiger partial charge in [-0.3, -0.25) is 0 Å². The zero-order chi connectivity index (χ0) is 12.3. The molecule has 92 valence electrons. The zero-order valence-electron chi connectivity index (χ0n) is 9.88. The maximum atomic E-state index is 9.81. The summed E-state index contributed by atoms with van der Waals surface area (Å²) in [5, 5.41) is 13.7. The first kappa shape index (κ1) is 12.1. The van der Waals surface area contributed by atoms with Gasteiger partial charge in [0.15, 0.2) is 5.13 Å². The standard InChI is InChI=1S/C12H16N2O2S/c1-8(2)11-7-14-12(17-11)13-6-9(15)10-4-3-5-16-10/h3-5,7-9,15H,6H2,1-2H3,(H,13,14). The topological polar surface area (TPSA) is 58.3 Å². The molecule has 1 unspecified atom stereocenters. The van der Waals surface area contributed by atoms with Crippen LogP contribution in [-0.2, 0) is 0 Å². The minimum absolute atomic E-state index is 0.401. The molecule has 0 saturated heterocycles. The molecule has 0 spiro atoms. The fourth-order valence-electron chi connectivity index (χ4n) is 1.40. The second-order valence-corrected chi connectivity index (χ2v) is 5.20.